The highest BCUT2D eigenvalue weighted by atomic mass is 19.1. The summed E-state index contributed by atoms with van der Waals surface area (Å²) in [6.07, 6.45) is 3.47. The van der Waals surface area contributed by atoms with Crippen LogP contribution >= 0.6 is 0 Å². The lowest BCUT2D eigenvalue weighted by Gasteiger charge is -2.40. The molecule has 7 nitrogen and oxygen atoms in total. The van der Waals surface area contributed by atoms with Crippen molar-refractivity contribution in [2.24, 2.45) is 0 Å². The van der Waals surface area contributed by atoms with Crippen molar-refractivity contribution in [1.82, 2.24) is 15.2 Å². The van der Waals surface area contributed by atoms with Crippen molar-refractivity contribution in [2.45, 2.75) is 19.9 Å². The van der Waals surface area contributed by atoms with Gasteiger partial charge in [-0.3, -0.25) is 19.5 Å². The summed E-state index contributed by atoms with van der Waals surface area (Å²) in [5, 5.41) is 5.45. The van der Waals surface area contributed by atoms with Gasteiger partial charge in [0, 0.05) is 50.8 Å². The third-order valence-corrected chi connectivity index (χ3v) is 6.44. The number of nitrogens with zero attached hydrogens (tertiary/aromatic N) is 3. The molecule has 1 atom stereocenters. The molecular formula is C27H30FN5O2. The third kappa shape index (κ3) is 6.02. The number of aromatic nitrogens is 1. The second kappa shape index (κ2) is 11.1. The van der Waals surface area contributed by atoms with Crippen LogP contribution in [0.15, 0.2) is 67.0 Å². The molecule has 1 saturated heterocycles. The maximum absolute atomic E-state index is 14.2. The van der Waals surface area contributed by atoms with E-state index < -0.39 is 11.8 Å². The van der Waals surface area contributed by atoms with Gasteiger partial charge in [-0.05, 0) is 60.9 Å². The number of halogens is 1. The van der Waals surface area contributed by atoms with Crippen molar-refractivity contribution in [3.8, 4) is 0 Å². The highest BCUT2D eigenvalue weighted by Crippen LogP contribution is 2.25. The van der Waals surface area contributed by atoms with Crippen LogP contribution in [0, 0.1) is 19.7 Å². The van der Waals surface area contributed by atoms with Crippen LogP contribution in [0.5, 0.6) is 0 Å². The van der Waals surface area contributed by atoms with Crippen molar-refractivity contribution in [2.75, 3.05) is 42.9 Å². The number of carbonyl (C=O) groups excluding carboxylic acids is 2. The molecule has 0 aliphatic carbocycles. The van der Waals surface area contributed by atoms with Crippen LogP contribution < -0.4 is 15.5 Å². The number of pyridine rings is 1. The number of carbonyl (C=O) groups is 2. The summed E-state index contributed by atoms with van der Waals surface area (Å²) in [4.78, 5) is 33.6. The molecule has 35 heavy (non-hydrogen) atoms. The summed E-state index contributed by atoms with van der Waals surface area (Å²) in [6, 6.07) is 16.0. The van der Waals surface area contributed by atoms with Crippen molar-refractivity contribution < 1.29 is 14.0 Å². The summed E-state index contributed by atoms with van der Waals surface area (Å²) in [5.41, 5.74) is 4.28. The fourth-order valence-corrected chi connectivity index (χ4v) is 4.29. The van der Waals surface area contributed by atoms with Gasteiger partial charge in [-0.25, -0.2) is 4.39 Å². The van der Waals surface area contributed by atoms with Gasteiger partial charge in [-0.1, -0.05) is 24.3 Å². The van der Waals surface area contributed by atoms with E-state index >= 15 is 0 Å². The van der Waals surface area contributed by atoms with E-state index in [-0.39, 0.29) is 18.4 Å². The van der Waals surface area contributed by atoms with Crippen LogP contribution in [0.2, 0.25) is 0 Å². The van der Waals surface area contributed by atoms with E-state index in [9.17, 15) is 14.0 Å². The maximum Gasteiger partial charge on any atom is 0.313 e. The number of piperazine rings is 1. The first-order chi connectivity index (χ1) is 16.9. The van der Waals surface area contributed by atoms with Gasteiger partial charge in [0.15, 0.2) is 0 Å². The first-order valence-electron chi connectivity index (χ1n) is 11.7. The Morgan fingerprint density at radius 2 is 1.74 bits per heavy atom. The van der Waals surface area contributed by atoms with E-state index in [1.54, 1.807) is 30.6 Å². The molecule has 8 heteroatoms. The Morgan fingerprint density at radius 1 is 0.971 bits per heavy atom. The lowest BCUT2D eigenvalue weighted by molar-refractivity contribution is -0.136. The highest BCUT2D eigenvalue weighted by molar-refractivity contribution is 6.39. The van der Waals surface area contributed by atoms with Crippen LogP contribution in [-0.2, 0) is 9.59 Å². The Labute approximate surface area is 205 Å². The van der Waals surface area contributed by atoms with Crippen LogP contribution in [-0.4, -0.2) is 54.4 Å². The Morgan fingerprint density at radius 3 is 2.43 bits per heavy atom. The number of rotatable bonds is 6. The van der Waals surface area contributed by atoms with Crippen LogP contribution in [0.4, 0.5) is 15.8 Å². The van der Waals surface area contributed by atoms with Crippen molar-refractivity contribution in [1.29, 1.82) is 0 Å². The summed E-state index contributed by atoms with van der Waals surface area (Å²) in [7, 11) is 0. The number of para-hydroxylation sites is 1. The minimum Gasteiger partial charge on any atom is -0.367 e. The molecule has 0 unspecified atom stereocenters. The Balaban J connectivity index is 1.39. The van der Waals surface area contributed by atoms with Gasteiger partial charge in [0.1, 0.15) is 5.82 Å². The predicted molar refractivity (Wildman–Crippen MR) is 135 cm³/mol. The third-order valence-electron chi connectivity index (χ3n) is 6.44. The molecule has 0 saturated carbocycles. The summed E-state index contributed by atoms with van der Waals surface area (Å²) in [5.74, 6) is -1.63. The molecule has 3 aromatic rings. The van der Waals surface area contributed by atoms with E-state index in [1.807, 2.05) is 49.1 Å². The normalized spacial score (nSPS) is 14.9. The van der Waals surface area contributed by atoms with Crippen LogP contribution in [0.25, 0.3) is 0 Å². The van der Waals surface area contributed by atoms with E-state index in [1.165, 1.54) is 6.07 Å². The lowest BCUT2D eigenvalue weighted by atomic mass is 10.1. The average Bonchev–Trinajstić information content (AvgIpc) is 2.87. The van der Waals surface area contributed by atoms with Gasteiger partial charge < -0.3 is 15.5 Å². The number of amides is 2. The minimum atomic E-state index is -0.706. The molecule has 1 aliphatic rings. The summed E-state index contributed by atoms with van der Waals surface area (Å²) in [6.45, 7) is 6.86. The fraction of sp³-hybridized carbons (Fsp3) is 0.296. The van der Waals surface area contributed by atoms with Crippen molar-refractivity contribution in [3.05, 3.63) is 89.5 Å². The zero-order valence-electron chi connectivity index (χ0n) is 20.0. The summed E-state index contributed by atoms with van der Waals surface area (Å²) >= 11 is 0. The molecule has 4 rings (SSSR count). The molecule has 2 amide bonds. The number of hydrogen-bond acceptors (Lipinski definition) is 5. The first-order valence-corrected chi connectivity index (χ1v) is 11.7. The Hall–Kier alpha value is -3.78. The molecule has 0 radical (unpaired) electrons. The molecule has 182 valence electrons. The number of nitrogens with one attached hydrogen (secondary N) is 2. The molecule has 0 spiro atoms. The van der Waals surface area contributed by atoms with Gasteiger partial charge in [0.05, 0.1) is 11.7 Å². The molecule has 0 bridgehead atoms. The SMILES string of the molecule is Cc1ccc(NC(=O)C(=O)NC[C@H](c2cccnc2)N2CCN(c3ccccc3F)CC2)cc1C. The summed E-state index contributed by atoms with van der Waals surface area (Å²) < 4.78 is 14.2. The van der Waals surface area contributed by atoms with Gasteiger partial charge >= 0.3 is 11.8 Å². The number of anilines is 2. The minimum absolute atomic E-state index is 0.162. The monoisotopic (exact) mass is 475 g/mol. The predicted octanol–water partition coefficient (Wildman–Crippen LogP) is 3.46. The molecule has 1 aliphatic heterocycles. The van der Waals surface area contributed by atoms with Gasteiger partial charge in [-0.2, -0.15) is 0 Å². The maximum atomic E-state index is 14.2. The van der Waals surface area contributed by atoms with Gasteiger partial charge in [0.25, 0.3) is 0 Å². The number of benzene rings is 2. The quantitative estimate of drug-likeness (QED) is 0.534. The second-order valence-corrected chi connectivity index (χ2v) is 8.74. The molecule has 2 heterocycles. The smallest absolute Gasteiger partial charge is 0.313 e. The standard InChI is InChI=1S/C27H30FN5O2/c1-19-9-10-22(16-20(19)2)31-27(35)26(34)30-18-25(21-6-5-11-29-17-21)33-14-12-32(13-15-33)24-8-4-3-7-23(24)28/h3-11,16-17,25H,12-15,18H2,1-2H3,(H,30,34)(H,31,35)/t25-/m1/s1. The van der Waals surface area contributed by atoms with Crippen molar-refractivity contribution in [3.63, 3.8) is 0 Å². The first kappa shape index (κ1) is 24.3. The van der Waals surface area contributed by atoms with Crippen molar-refractivity contribution >= 4 is 23.2 Å². The fourth-order valence-electron chi connectivity index (χ4n) is 4.29. The highest BCUT2D eigenvalue weighted by Gasteiger charge is 2.27. The molecular weight excluding hydrogens is 445 g/mol. The zero-order chi connectivity index (χ0) is 24.8. The van der Waals surface area contributed by atoms with E-state index in [0.29, 0.717) is 37.6 Å². The van der Waals surface area contributed by atoms with E-state index in [0.717, 1.165) is 16.7 Å². The lowest BCUT2D eigenvalue weighted by Crippen LogP contribution is -2.50. The van der Waals surface area contributed by atoms with Crippen LogP contribution in [0.1, 0.15) is 22.7 Å². The Bertz CT molecular complexity index is 1180. The molecule has 1 aromatic heterocycles. The largest absolute Gasteiger partial charge is 0.367 e. The average molecular weight is 476 g/mol. The van der Waals surface area contributed by atoms with Crippen LogP contribution in [0.3, 0.4) is 0 Å². The molecule has 2 N–H and O–H groups in total. The number of aryl methyl sites for hydroxylation is 2. The zero-order valence-corrected chi connectivity index (χ0v) is 20.0. The van der Waals surface area contributed by atoms with E-state index in [2.05, 4.69) is 20.5 Å². The molecule has 1 fully saturated rings. The number of hydrogen-bond donors (Lipinski definition) is 2. The Kier molecular flexibility index (Phi) is 7.72. The second-order valence-electron chi connectivity index (χ2n) is 8.74. The van der Waals surface area contributed by atoms with Gasteiger partial charge in [0.2, 0.25) is 0 Å². The van der Waals surface area contributed by atoms with Gasteiger partial charge in [-0.15, -0.1) is 0 Å². The molecule has 2 aromatic carbocycles. The topological polar surface area (TPSA) is 77.6 Å². The van der Waals surface area contributed by atoms with E-state index in [4.69, 9.17) is 0 Å².